The Bertz CT molecular complexity index is 899. The van der Waals surface area contributed by atoms with Gasteiger partial charge in [-0.3, -0.25) is 9.59 Å². The number of benzene rings is 1. The smallest absolute Gasteiger partial charge is 0.268 e. The van der Waals surface area contributed by atoms with Gasteiger partial charge in [-0.05, 0) is 61.3 Å². The third kappa shape index (κ3) is 3.77. The first-order valence-electron chi connectivity index (χ1n) is 9.41. The number of aromatic nitrogens is 1. The zero-order valence-corrected chi connectivity index (χ0v) is 16.7. The van der Waals surface area contributed by atoms with Crippen LogP contribution in [0, 0.1) is 26.2 Å². The Morgan fingerprint density at radius 2 is 1.81 bits per heavy atom. The molecule has 3 N–H and O–H groups in total. The quantitative estimate of drug-likeness (QED) is 0.768. The average Bonchev–Trinajstić information content (AvgIpc) is 2.87. The Morgan fingerprint density at radius 1 is 1.19 bits per heavy atom. The molecule has 1 aromatic carbocycles. The standard InChI is InChI=1S/C22H28N2O3/c1-12-8-15(9-13(2)20(12)26)6-7-23-21(27)19-14(3)18-16(24-19)10-22(4,5)11-17(18)25/h8-9,24,26H,6-7,10-11H2,1-5H3,(H,23,27). The van der Waals surface area contributed by atoms with Gasteiger partial charge in [0.15, 0.2) is 5.78 Å². The van der Waals surface area contributed by atoms with Crippen molar-refractivity contribution in [1.82, 2.24) is 10.3 Å². The summed E-state index contributed by atoms with van der Waals surface area (Å²) in [7, 11) is 0. The van der Waals surface area contributed by atoms with Gasteiger partial charge in [0.05, 0.1) is 0 Å². The average molecular weight is 368 g/mol. The normalized spacial score (nSPS) is 15.5. The second-order valence-electron chi connectivity index (χ2n) is 8.50. The van der Waals surface area contributed by atoms with E-state index >= 15 is 0 Å². The molecule has 0 spiro atoms. The van der Waals surface area contributed by atoms with Crippen molar-refractivity contribution in [3.8, 4) is 5.75 Å². The van der Waals surface area contributed by atoms with E-state index in [9.17, 15) is 14.7 Å². The maximum atomic E-state index is 12.6. The minimum absolute atomic E-state index is 0.0797. The topological polar surface area (TPSA) is 82.2 Å². The number of aromatic hydroxyl groups is 1. The highest BCUT2D eigenvalue weighted by Gasteiger charge is 2.35. The minimum Gasteiger partial charge on any atom is -0.507 e. The van der Waals surface area contributed by atoms with E-state index in [2.05, 4.69) is 24.1 Å². The minimum atomic E-state index is -0.181. The van der Waals surface area contributed by atoms with Crippen molar-refractivity contribution in [3.05, 3.63) is 51.3 Å². The third-order valence-electron chi connectivity index (χ3n) is 5.38. The Balaban J connectivity index is 1.70. The number of hydrogen-bond acceptors (Lipinski definition) is 3. The zero-order chi connectivity index (χ0) is 19.9. The molecule has 0 aliphatic heterocycles. The molecule has 0 fully saturated rings. The van der Waals surface area contributed by atoms with Crippen molar-refractivity contribution in [2.45, 2.75) is 53.9 Å². The van der Waals surface area contributed by atoms with E-state index < -0.39 is 0 Å². The predicted octanol–water partition coefficient (Wildman–Crippen LogP) is 3.77. The van der Waals surface area contributed by atoms with Crippen LogP contribution in [-0.2, 0) is 12.8 Å². The van der Waals surface area contributed by atoms with Crippen molar-refractivity contribution in [2.24, 2.45) is 5.41 Å². The van der Waals surface area contributed by atoms with Crippen LogP contribution in [0.25, 0.3) is 0 Å². The van der Waals surface area contributed by atoms with E-state index in [1.807, 2.05) is 32.9 Å². The molecule has 2 aromatic rings. The first-order valence-corrected chi connectivity index (χ1v) is 9.41. The first kappa shape index (κ1) is 19.2. The maximum Gasteiger partial charge on any atom is 0.268 e. The van der Waals surface area contributed by atoms with Crippen LogP contribution >= 0.6 is 0 Å². The number of Topliss-reactive ketones (excluding diaryl/α,β-unsaturated/α-hetero) is 1. The number of carbonyl (C=O) groups is 2. The molecule has 27 heavy (non-hydrogen) atoms. The molecule has 0 bridgehead atoms. The number of aromatic amines is 1. The van der Waals surface area contributed by atoms with Crippen LogP contribution in [0.5, 0.6) is 5.75 Å². The van der Waals surface area contributed by atoms with Gasteiger partial charge >= 0.3 is 0 Å². The zero-order valence-electron chi connectivity index (χ0n) is 16.7. The number of carbonyl (C=O) groups excluding carboxylic acids is 2. The van der Waals surface area contributed by atoms with E-state index in [4.69, 9.17) is 0 Å². The van der Waals surface area contributed by atoms with Crippen LogP contribution in [0.15, 0.2) is 12.1 Å². The summed E-state index contributed by atoms with van der Waals surface area (Å²) in [5.41, 5.74) is 5.48. The Kier molecular flexibility index (Phi) is 4.89. The number of phenols is 1. The number of fused-ring (bicyclic) bond motifs is 1. The summed E-state index contributed by atoms with van der Waals surface area (Å²) in [5.74, 6) is 0.256. The van der Waals surface area contributed by atoms with Gasteiger partial charge in [0.25, 0.3) is 5.91 Å². The molecule has 1 heterocycles. The first-order chi connectivity index (χ1) is 12.6. The maximum absolute atomic E-state index is 12.6. The monoisotopic (exact) mass is 368 g/mol. The Morgan fingerprint density at radius 3 is 2.44 bits per heavy atom. The van der Waals surface area contributed by atoms with E-state index in [0.717, 1.165) is 34.4 Å². The van der Waals surface area contributed by atoms with E-state index in [1.165, 1.54) is 0 Å². The molecule has 0 saturated heterocycles. The van der Waals surface area contributed by atoms with Crippen molar-refractivity contribution < 1.29 is 14.7 Å². The second-order valence-corrected chi connectivity index (χ2v) is 8.50. The van der Waals surface area contributed by atoms with E-state index in [0.29, 0.717) is 36.4 Å². The van der Waals surface area contributed by atoms with Crippen molar-refractivity contribution in [2.75, 3.05) is 6.54 Å². The molecule has 144 valence electrons. The van der Waals surface area contributed by atoms with Crippen LogP contribution < -0.4 is 5.32 Å². The lowest BCUT2D eigenvalue weighted by Crippen LogP contribution is -2.26. The van der Waals surface area contributed by atoms with Crippen molar-refractivity contribution in [3.63, 3.8) is 0 Å². The van der Waals surface area contributed by atoms with Crippen molar-refractivity contribution >= 4 is 11.7 Å². The molecule has 1 aliphatic carbocycles. The molecule has 5 heteroatoms. The van der Waals surface area contributed by atoms with E-state index in [-0.39, 0.29) is 17.1 Å². The lowest BCUT2D eigenvalue weighted by molar-refractivity contribution is 0.0909. The Labute approximate surface area is 160 Å². The fraction of sp³-hybridized carbons (Fsp3) is 0.455. The fourth-order valence-electron chi connectivity index (χ4n) is 4.06. The summed E-state index contributed by atoms with van der Waals surface area (Å²) < 4.78 is 0. The number of rotatable bonds is 4. The third-order valence-corrected chi connectivity index (χ3v) is 5.38. The molecular weight excluding hydrogens is 340 g/mol. The van der Waals surface area contributed by atoms with Gasteiger partial charge in [-0.1, -0.05) is 26.0 Å². The van der Waals surface area contributed by atoms with Crippen LogP contribution in [0.2, 0.25) is 0 Å². The lowest BCUT2D eigenvalue weighted by Gasteiger charge is -2.28. The van der Waals surface area contributed by atoms with Gasteiger partial charge in [0.1, 0.15) is 11.4 Å². The summed E-state index contributed by atoms with van der Waals surface area (Å²) in [6.45, 7) is 10.2. The number of ketones is 1. The van der Waals surface area contributed by atoms with Crippen LogP contribution in [0.3, 0.4) is 0 Å². The van der Waals surface area contributed by atoms with Gasteiger partial charge < -0.3 is 15.4 Å². The summed E-state index contributed by atoms with van der Waals surface area (Å²) >= 11 is 0. The summed E-state index contributed by atoms with van der Waals surface area (Å²) in [6, 6.07) is 3.88. The van der Waals surface area contributed by atoms with Crippen molar-refractivity contribution in [1.29, 1.82) is 0 Å². The summed E-state index contributed by atoms with van der Waals surface area (Å²) in [6.07, 6.45) is 1.96. The fourth-order valence-corrected chi connectivity index (χ4v) is 4.06. The predicted molar refractivity (Wildman–Crippen MR) is 106 cm³/mol. The highest BCUT2D eigenvalue weighted by atomic mass is 16.3. The van der Waals surface area contributed by atoms with Gasteiger partial charge in [-0.25, -0.2) is 0 Å². The van der Waals surface area contributed by atoms with E-state index in [1.54, 1.807) is 0 Å². The molecule has 3 rings (SSSR count). The molecule has 0 unspecified atom stereocenters. The highest BCUT2D eigenvalue weighted by Crippen LogP contribution is 2.36. The van der Waals surface area contributed by atoms with Crippen LogP contribution in [0.4, 0.5) is 0 Å². The number of phenolic OH excluding ortho intramolecular Hbond substituents is 1. The molecule has 1 amide bonds. The molecule has 5 nitrogen and oxygen atoms in total. The van der Waals surface area contributed by atoms with Gasteiger partial charge in [-0.2, -0.15) is 0 Å². The molecular formula is C22H28N2O3. The molecule has 1 aliphatic rings. The molecule has 0 saturated carbocycles. The SMILES string of the molecule is Cc1cc(CCNC(=O)c2[nH]c3c(c2C)C(=O)CC(C)(C)C3)cc(C)c1O. The number of amides is 1. The highest BCUT2D eigenvalue weighted by molar-refractivity contribution is 6.04. The molecule has 0 radical (unpaired) electrons. The number of H-pyrrole nitrogens is 1. The van der Waals surface area contributed by atoms with Crippen LogP contribution in [-0.4, -0.2) is 28.3 Å². The Hall–Kier alpha value is -2.56. The van der Waals surface area contributed by atoms with Gasteiger partial charge in [-0.15, -0.1) is 0 Å². The lowest BCUT2D eigenvalue weighted by atomic mass is 9.75. The number of aryl methyl sites for hydroxylation is 2. The number of hydrogen-bond donors (Lipinski definition) is 3. The van der Waals surface area contributed by atoms with Gasteiger partial charge in [0.2, 0.25) is 0 Å². The number of nitrogens with one attached hydrogen (secondary N) is 2. The summed E-state index contributed by atoms with van der Waals surface area (Å²) in [5, 5.41) is 12.8. The second kappa shape index (κ2) is 6.87. The largest absolute Gasteiger partial charge is 0.507 e. The molecule has 0 atom stereocenters. The van der Waals surface area contributed by atoms with Gasteiger partial charge in [0, 0.05) is 24.2 Å². The summed E-state index contributed by atoms with van der Waals surface area (Å²) in [4.78, 5) is 28.3. The van der Waals surface area contributed by atoms with Crippen LogP contribution in [0.1, 0.15) is 69.1 Å². The molecule has 1 aromatic heterocycles.